The number of nitrogens with zero attached hydrogens (tertiary/aromatic N) is 2. The number of amides is 1. The summed E-state index contributed by atoms with van der Waals surface area (Å²) in [7, 11) is 1.61. The van der Waals surface area contributed by atoms with Crippen molar-refractivity contribution >= 4 is 34.8 Å². The summed E-state index contributed by atoms with van der Waals surface area (Å²) in [6, 6.07) is 7.47. The Morgan fingerprint density at radius 2 is 2.00 bits per heavy atom. The van der Waals surface area contributed by atoms with Crippen LogP contribution >= 0.6 is 23.6 Å². The SMILES string of the molecule is COc1ccc(CN(C(=O)OC(C)(C)C)c2n[nH]c(=S)s2)cc1. The van der Waals surface area contributed by atoms with Gasteiger partial charge in [0.2, 0.25) is 5.13 Å². The van der Waals surface area contributed by atoms with Crippen molar-refractivity contribution in [3.8, 4) is 5.75 Å². The average Bonchev–Trinajstić information content (AvgIpc) is 2.89. The molecule has 8 heteroatoms. The summed E-state index contributed by atoms with van der Waals surface area (Å²) in [4.78, 5) is 14.0. The predicted molar refractivity (Wildman–Crippen MR) is 92.7 cm³/mol. The summed E-state index contributed by atoms with van der Waals surface area (Å²) < 4.78 is 11.1. The number of hydrogen-bond donors (Lipinski definition) is 1. The molecule has 1 N–H and O–H groups in total. The molecule has 1 amide bonds. The summed E-state index contributed by atoms with van der Waals surface area (Å²) in [6.45, 7) is 5.80. The molecule has 0 unspecified atom stereocenters. The van der Waals surface area contributed by atoms with Crippen LogP contribution in [-0.4, -0.2) is 29.0 Å². The van der Waals surface area contributed by atoms with E-state index in [-0.39, 0.29) is 0 Å². The van der Waals surface area contributed by atoms with Gasteiger partial charge in [-0.05, 0) is 50.7 Å². The van der Waals surface area contributed by atoms with Gasteiger partial charge in [-0.1, -0.05) is 23.5 Å². The second-order valence-electron chi connectivity index (χ2n) is 5.81. The summed E-state index contributed by atoms with van der Waals surface area (Å²) >= 11 is 6.28. The molecule has 0 atom stereocenters. The van der Waals surface area contributed by atoms with Gasteiger partial charge in [0, 0.05) is 0 Å². The summed E-state index contributed by atoms with van der Waals surface area (Å²) in [5, 5.41) is 7.24. The van der Waals surface area contributed by atoms with E-state index in [2.05, 4.69) is 10.2 Å². The lowest BCUT2D eigenvalue weighted by molar-refractivity contribution is 0.0577. The molecule has 0 saturated carbocycles. The van der Waals surface area contributed by atoms with Crippen molar-refractivity contribution in [2.45, 2.75) is 32.9 Å². The van der Waals surface area contributed by atoms with E-state index in [9.17, 15) is 4.79 Å². The fraction of sp³-hybridized carbons (Fsp3) is 0.400. The molecule has 2 rings (SSSR count). The molecule has 124 valence electrons. The van der Waals surface area contributed by atoms with Gasteiger partial charge < -0.3 is 9.47 Å². The largest absolute Gasteiger partial charge is 0.497 e. The smallest absolute Gasteiger partial charge is 0.417 e. The van der Waals surface area contributed by atoms with E-state index in [1.165, 1.54) is 16.2 Å². The topological polar surface area (TPSA) is 67.4 Å². The first-order chi connectivity index (χ1) is 10.8. The molecule has 0 radical (unpaired) electrons. The zero-order valence-electron chi connectivity index (χ0n) is 13.5. The van der Waals surface area contributed by atoms with Crippen LogP contribution in [0.5, 0.6) is 5.75 Å². The quantitative estimate of drug-likeness (QED) is 0.836. The van der Waals surface area contributed by atoms with Crippen LogP contribution in [0.1, 0.15) is 26.3 Å². The van der Waals surface area contributed by atoms with E-state index in [1.54, 1.807) is 7.11 Å². The van der Waals surface area contributed by atoms with Crippen molar-refractivity contribution in [3.63, 3.8) is 0 Å². The predicted octanol–water partition coefficient (Wildman–Crippen LogP) is 4.15. The lowest BCUT2D eigenvalue weighted by Gasteiger charge is -2.25. The highest BCUT2D eigenvalue weighted by Gasteiger charge is 2.25. The van der Waals surface area contributed by atoms with Crippen molar-refractivity contribution < 1.29 is 14.3 Å². The highest BCUT2D eigenvalue weighted by Crippen LogP contribution is 2.23. The molecule has 0 aliphatic heterocycles. The Balaban J connectivity index is 2.25. The molecular formula is C15H19N3O3S2. The Hall–Kier alpha value is -1.93. The first-order valence-electron chi connectivity index (χ1n) is 6.97. The molecule has 2 aromatic rings. The molecule has 1 aromatic carbocycles. The van der Waals surface area contributed by atoms with Gasteiger partial charge in [0.15, 0.2) is 3.95 Å². The molecule has 6 nitrogen and oxygen atoms in total. The summed E-state index contributed by atoms with van der Waals surface area (Å²) in [5.74, 6) is 0.757. The minimum Gasteiger partial charge on any atom is -0.497 e. The lowest BCUT2D eigenvalue weighted by Crippen LogP contribution is -2.36. The maximum Gasteiger partial charge on any atom is 0.417 e. The highest BCUT2D eigenvalue weighted by molar-refractivity contribution is 7.73. The van der Waals surface area contributed by atoms with Gasteiger partial charge in [-0.3, -0.25) is 5.10 Å². The second kappa shape index (κ2) is 7.10. The van der Waals surface area contributed by atoms with Crippen molar-refractivity contribution in [1.29, 1.82) is 0 Å². The van der Waals surface area contributed by atoms with Crippen LogP contribution in [0.2, 0.25) is 0 Å². The Kier molecular flexibility index (Phi) is 5.38. The number of aromatic amines is 1. The van der Waals surface area contributed by atoms with Crippen molar-refractivity contribution in [2.75, 3.05) is 12.0 Å². The fourth-order valence-corrected chi connectivity index (χ4v) is 2.65. The van der Waals surface area contributed by atoms with Gasteiger partial charge in [0.25, 0.3) is 0 Å². The Bertz CT molecular complexity index is 717. The Labute approximate surface area is 144 Å². The number of carbonyl (C=O) groups is 1. The molecule has 0 aliphatic carbocycles. The number of methoxy groups -OCH3 is 1. The monoisotopic (exact) mass is 353 g/mol. The summed E-state index contributed by atoms with van der Waals surface area (Å²) in [6.07, 6.45) is -0.467. The van der Waals surface area contributed by atoms with Gasteiger partial charge >= 0.3 is 6.09 Å². The lowest BCUT2D eigenvalue weighted by atomic mass is 10.2. The van der Waals surface area contributed by atoms with Gasteiger partial charge in [-0.2, -0.15) is 0 Å². The fourth-order valence-electron chi connectivity index (χ4n) is 1.78. The van der Waals surface area contributed by atoms with Crippen LogP contribution in [0.15, 0.2) is 24.3 Å². The first-order valence-corrected chi connectivity index (χ1v) is 8.20. The van der Waals surface area contributed by atoms with Gasteiger partial charge in [0.1, 0.15) is 11.4 Å². The number of nitrogens with one attached hydrogen (secondary N) is 1. The standard InChI is InChI=1S/C15H19N3O3S2/c1-15(2,3)21-14(19)18(12-16-17-13(22)23-12)9-10-5-7-11(20-4)8-6-10/h5-8H,9H2,1-4H3,(H,17,22). The molecule has 23 heavy (non-hydrogen) atoms. The molecule has 0 bridgehead atoms. The first kappa shape index (κ1) is 17.4. The third kappa shape index (κ3) is 5.04. The number of H-pyrrole nitrogens is 1. The zero-order valence-corrected chi connectivity index (χ0v) is 15.1. The van der Waals surface area contributed by atoms with Gasteiger partial charge in [-0.25, -0.2) is 9.69 Å². The minimum atomic E-state index is -0.590. The molecule has 1 aromatic heterocycles. The normalized spacial score (nSPS) is 11.1. The number of carbonyl (C=O) groups excluding carboxylic acids is 1. The van der Waals surface area contributed by atoms with Crippen LogP contribution in [0.25, 0.3) is 0 Å². The van der Waals surface area contributed by atoms with Crippen molar-refractivity contribution in [3.05, 3.63) is 33.8 Å². The van der Waals surface area contributed by atoms with Crippen molar-refractivity contribution in [2.24, 2.45) is 0 Å². The number of aromatic nitrogens is 2. The summed E-state index contributed by atoms with van der Waals surface area (Å²) in [5.41, 5.74) is 0.338. The maximum atomic E-state index is 12.5. The van der Waals surface area contributed by atoms with E-state index in [1.807, 2.05) is 45.0 Å². The number of hydrogen-bond acceptors (Lipinski definition) is 6. The third-order valence-corrected chi connectivity index (χ3v) is 3.88. The van der Waals surface area contributed by atoms with Crippen LogP contribution in [-0.2, 0) is 11.3 Å². The van der Waals surface area contributed by atoms with Crippen LogP contribution < -0.4 is 9.64 Å². The van der Waals surface area contributed by atoms with Gasteiger partial charge in [-0.15, -0.1) is 5.10 Å². The van der Waals surface area contributed by atoms with E-state index < -0.39 is 11.7 Å². The van der Waals surface area contributed by atoms with E-state index in [4.69, 9.17) is 21.7 Å². The molecule has 0 spiro atoms. The Morgan fingerprint density at radius 1 is 1.35 bits per heavy atom. The maximum absolute atomic E-state index is 12.5. The third-order valence-electron chi connectivity index (χ3n) is 2.77. The van der Waals surface area contributed by atoms with Crippen LogP contribution in [0.3, 0.4) is 0 Å². The number of anilines is 1. The zero-order chi connectivity index (χ0) is 17.0. The molecule has 1 heterocycles. The van der Waals surface area contributed by atoms with E-state index in [0.29, 0.717) is 15.6 Å². The molecule has 0 fully saturated rings. The number of benzene rings is 1. The van der Waals surface area contributed by atoms with Crippen LogP contribution in [0.4, 0.5) is 9.93 Å². The van der Waals surface area contributed by atoms with E-state index in [0.717, 1.165) is 11.3 Å². The van der Waals surface area contributed by atoms with Crippen molar-refractivity contribution in [1.82, 2.24) is 10.2 Å². The average molecular weight is 353 g/mol. The molecule has 0 aliphatic rings. The Morgan fingerprint density at radius 3 is 2.48 bits per heavy atom. The van der Waals surface area contributed by atoms with Crippen LogP contribution in [0, 0.1) is 3.95 Å². The van der Waals surface area contributed by atoms with Gasteiger partial charge in [0.05, 0.1) is 13.7 Å². The highest BCUT2D eigenvalue weighted by atomic mass is 32.1. The van der Waals surface area contributed by atoms with E-state index >= 15 is 0 Å². The second-order valence-corrected chi connectivity index (χ2v) is 7.45. The number of rotatable bonds is 4. The minimum absolute atomic E-state index is 0.328. The number of ether oxygens (including phenoxy) is 2. The molecular weight excluding hydrogens is 334 g/mol. The molecule has 0 saturated heterocycles.